The van der Waals surface area contributed by atoms with Gasteiger partial charge in [-0.1, -0.05) is 50.2 Å². The SMILES string of the molecule is CC(C)NCC(COc1ccc(COCCOC(C)C)cc1)c1ccc(CO[N+](=O)[O-])cc1. The lowest BCUT2D eigenvalue weighted by atomic mass is 9.98. The molecule has 0 aliphatic heterocycles. The highest BCUT2D eigenvalue weighted by Crippen LogP contribution is 2.20. The van der Waals surface area contributed by atoms with E-state index in [1.54, 1.807) is 0 Å². The average molecular weight is 461 g/mol. The minimum Gasteiger partial charge on any atom is -0.493 e. The van der Waals surface area contributed by atoms with E-state index < -0.39 is 5.09 Å². The summed E-state index contributed by atoms with van der Waals surface area (Å²) < 4.78 is 17.2. The summed E-state index contributed by atoms with van der Waals surface area (Å²) in [5.74, 6) is 0.925. The fourth-order valence-corrected chi connectivity index (χ4v) is 3.08. The van der Waals surface area contributed by atoms with Crippen LogP contribution in [0.1, 0.15) is 50.3 Å². The summed E-state index contributed by atoms with van der Waals surface area (Å²) >= 11 is 0. The van der Waals surface area contributed by atoms with Crippen LogP contribution in [0.2, 0.25) is 0 Å². The maximum absolute atomic E-state index is 10.4. The van der Waals surface area contributed by atoms with Gasteiger partial charge in [-0.3, -0.25) is 0 Å². The van der Waals surface area contributed by atoms with Crippen molar-refractivity contribution in [3.05, 3.63) is 75.3 Å². The molecule has 0 fully saturated rings. The lowest BCUT2D eigenvalue weighted by Crippen LogP contribution is -2.30. The monoisotopic (exact) mass is 460 g/mol. The summed E-state index contributed by atoms with van der Waals surface area (Å²) in [6, 6.07) is 15.9. The molecule has 0 saturated heterocycles. The maximum Gasteiger partial charge on any atom is 0.294 e. The molecule has 1 N–H and O–H groups in total. The van der Waals surface area contributed by atoms with Crippen LogP contribution < -0.4 is 10.1 Å². The van der Waals surface area contributed by atoms with Gasteiger partial charge in [0.05, 0.1) is 32.5 Å². The number of nitrogens with zero attached hydrogens (tertiary/aromatic N) is 1. The Labute approximate surface area is 196 Å². The van der Waals surface area contributed by atoms with Crippen LogP contribution in [0.3, 0.4) is 0 Å². The predicted molar refractivity (Wildman–Crippen MR) is 127 cm³/mol. The Kier molecular flexibility index (Phi) is 11.6. The summed E-state index contributed by atoms with van der Waals surface area (Å²) in [5, 5.41) is 13.1. The van der Waals surface area contributed by atoms with Gasteiger partial charge in [-0.15, -0.1) is 10.1 Å². The molecule has 2 aromatic carbocycles. The van der Waals surface area contributed by atoms with Gasteiger partial charge in [-0.05, 0) is 42.7 Å². The molecular formula is C25H36N2O6. The molecule has 0 heterocycles. The molecule has 2 rings (SSSR count). The van der Waals surface area contributed by atoms with Crippen LogP contribution in [-0.4, -0.2) is 43.6 Å². The Hall–Kier alpha value is -2.68. The first kappa shape index (κ1) is 26.6. The quantitative estimate of drug-likeness (QED) is 0.224. The molecule has 0 aliphatic carbocycles. The Morgan fingerprint density at radius 1 is 0.909 bits per heavy atom. The van der Waals surface area contributed by atoms with E-state index in [4.69, 9.17) is 14.2 Å². The fourth-order valence-electron chi connectivity index (χ4n) is 3.08. The summed E-state index contributed by atoms with van der Waals surface area (Å²) in [4.78, 5) is 14.8. The average Bonchev–Trinajstić information content (AvgIpc) is 2.78. The van der Waals surface area contributed by atoms with Crippen LogP contribution in [0.25, 0.3) is 0 Å². The minimum atomic E-state index is -0.782. The van der Waals surface area contributed by atoms with E-state index in [9.17, 15) is 10.1 Å². The predicted octanol–water partition coefficient (Wildman–Crippen LogP) is 4.50. The second kappa shape index (κ2) is 14.5. The van der Waals surface area contributed by atoms with Crippen LogP contribution in [0.15, 0.2) is 48.5 Å². The van der Waals surface area contributed by atoms with Crippen LogP contribution >= 0.6 is 0 Å². The van der Waals surface area contributed by atoms with Crippen molar-refractivity contribution in [1.29, 1.82) is 0 Å². The van der Waals surface area contributed by atoms with Crippen molar-refractivity contribution in [1.82, 2.24) is 5.32 Å². The highest BCUT2D eigenvalue weighted by molar-refractivity contribution is 5.28. The third-order valence-electron chi connectivity index (χ3n) is 4.88. The Bertz CT molecular complexity index is 809. The van der Waals surface area contributed by atoms with Gasteiger partial charge in [0.25, 0.3) is 5.09 Å². The molecule has 0 bridgehead atoms. The maximum atomic E-state index is 10.4. The van der Waals surface area contributed by atoms with Gasteiger partial charge in [0.15, 0.2) is 0 Å². The molecule has 8 nitrogen and oxygen atoms in total. The van der Waals surface area contributed by atoms with E-state index in [-0.39, 0.29) is 18.6 Å². The van der Waals surface area contributed by atoms with Crippen LogP contribution in [0.4, 0.5) is 0 Å². The standard InChI is InChI=1S/C25H36N2O6/c1-19(2)26-15-24(23-9-5-22(6-10-23)17-33-27(28)29)18-32-25-11-7-21(8-12-25)16-30-13-14-31-20(3)4/h5-12,19-20,24,26H,13-18H2,1-4H3. The smallest absolute Gasteiger partial charge is 0.294 e. The second-order valence-electron chi connectivity index (χ2n) is 8.43. The van der Waals surface area contributed by atoms with Crippen molar-refractivity contribution in [3.8, 4) is 5.75 Å². The molecule has 0 spiro atoms. The van der Waals surface area contributed by atoms with E-state index in [1.165, 1.54) is 0 Å². The molecule has 2 aromatic rings. The lowest BCUT2D eigenvalue weighted by molar-refractivity contribution is -0.763. The second-order valence-corrected chi connectivity index (χ2v) is 8.43. The third kappa shape index (κ3) is 11.1. The van der Waals surface area contributed by atoms with Crippen molar-refractivity contribution in [2.45, 2.75) is 59.0 Å². The van der Waals surface area contributed by atoms with E-state index in [2.05, 4.69) is 24.0 Å². The van der Waals surface area contributed by atoms with Crippen molar-refractivity contribution in [3.63, 3.8) is 0 Å². The molecule has 0 saturated carbocycles. The highest BCUT2D eigenvalue weighted by Gasteiger charge is 2.14. The van der Waals surface area contributed by atoms with Crippen molar-refractivity contribution < 1.29 is 24.1 Å². The minimum absolute atomic E-state index is 0.0560. The Balaban J connectivity index is 1.88. The van der Waals surface area contributed by atoms with Gasteiger partial charge in [0.2, 0.25) is 0 Å². The van der Waals surface area contributed by atoms with Gasteiger partial charge >= 0.3 is 0 Å². The molecule has 0 radical (unpaired) electrons. The van der Waals surface area contributed by atoms with E-state index >= 15 is 0 Å². The number of benzene rings is 2. The largest absolute Gasteiger partial charge is 0.493 e. The van der Waals surface area contributed by atoms with Gasteiger partial charge in [-0.25, -0.2) is 0 Å². The number of hydrogen-bond donors (Lipinski definition) is 1. The number of nitrogens with one attached hydrogen (secondary N) is 1. The third-order valence-corrected chi connectivity index (χ3v) is 4.88. The number of rotatable bonds is 16. The van der Waals surface area contributed by atoms with Crippen LogP contribution in [-0.2, 0) is 27.5 Å². The first-order valence-electron chi connectivity index (χ1n) is 11.3. The van der Waals surface area contributed by atoms with E-state index in [1.807, 2.05) is 62.4 Å². The first-order chi connectivity index (χ1) is 15.8. The topological polar surface area (TPSA) is 92.1 Å². The first-order valence-corrected chi connectivity index (χ1v) is 11.3. The molecule has 8 heteroatoms. The van der Waals surface area contributed by atoms with E-state index in [0.29, 0.717) is 32.5 Å². The summed E-state index contributed by atoms with van der Waals surface area (Å²) in [6.07, 6.45) is 0.213. The Morgan fingerprint density at radius 2 is 1.55 bits per heavy atom. The van der Waals surface area contributed by atoms with Gasteiger partial charge in [0.1, 0.15) is 12.4 Å². The molecule has 0 amide bonds. The lowest BCUT2D eigenvalue weighted by Gasteiger charge is -2.21. The van der Waals surface area contributed by atoms with Crippen LogP contribution in [0, 0.1) is 10.1 Å². The molecule has 0 aromatic heterocycles. The van der Waals surface area contributed by atoms with Gasteiger partial charge in [-0.2, -0.15) is 0 Å². The Morgan fingerprint density at radius 3 is 2.15 bits per heavy atom. The van der Waals surface area contributed by atoms with Crippen molar-refractivity contribution >= 4 is 0 Å². The van der Waals surface area contributed by atoms with Crippen molar-refractivity contribution in [2.24, 2.45) is 0 Å². The zero-order chi connectivity index (χ0) is 24.1. The molecule has 0 aliphatic rings. The highest BCUT2D eigenvalue weighted by atomic mass is 16.9. The summed E-state index contributed by atoms with van der Waals surface area (Å²) in [6.45, 7) is 11.1. The normalized spacial score (nSPS) is 12.2. The number of hydrogen-bond acceptors (Lipinski definition) is 7. The molecule has 1 atom stereocenters. The van der Waals surface area contributed by atoms with Crippen LogP contribution in [0.5, 0.6) is 5.75 Å². The van der Waals surface area contributed by atoms with Gasteiger partial charge < -0.3 is 24.4 Å². The van der Waals surface area contributed by atoms with Crippen molar-refractivity contribution in [2.75, 3.05) is 26.4 Å². The zero-order valence-corrected chi connectivity index (χ0v) is 20.0. The van der Waals surface area contributed by atoms with Gasteiger partial charge in [0, 0.05) is 18.5 Å². The van der Waals surface area contributed by atoms with E-state index in [0.717, 1.165) is 29.0 Å². The zero-order valence-electron chi connectivity index (χ0n) is 20.0. The number of ether oxygens (including phenoxy) is 3. The molecule has 33 heavy (non-hydrogen) atoms. The molecule has 1 unspecified atom stereocenters. The molecule has 182 valence electrons. The molecular weight excluding hydrogens is 424 g/mol. The summed E-state index contributed by atoms with van der Waals surface area (Å²) in [7, 11) is 0. The fraction of sp³-hybridized carbons (Fsp3) is 0.520. The summed E-state index contributed by atoms with van der Waals surface area (Å²) in [5.41, 5.74) is 2.93.